The first-order valence-electron chi connectivity index (χ1n) is 8.66. The zero-order chi connectivity index (χ0) is 20.2. The van der Waals surface area contributed by atoms with Crippen molar-refractivity contribution >= 4 is 17.8 Å². The van der Waals surface area contributed by atoms with Crippen molar-refractivity contribution in [2.45, 2.75) is 6.10 Å². The second-order valence-electron chi connectivity index (χ2n) is 6.11. The Kier molecular flexibility index (Phi) is 4.93. The number of nitrogens with zero attached hydrogens (tertiary/aromatic N) is 2. The van der Waals surface area contributed by atoms with Gasteiger partial charge in [-0.05, 0) is 24.3 Å². The van der Waals surface area contributed by atoms with Crippen molar-refractivity contribution in [3.8, 4) is 22.8 Å². The molecule has 1 N–H and O–H groups in total. The van der Waals surface area contributed by atoms with Crippen LogP contribution >= 0.6 is 0 Å². The fraction of sp³-hybridized carbons (Fsp3) is 0.100. The fourth-order valence-corrected chi connectivity index (χ4v) is 2.73. The first-order valence-corrected chi connectivity index (χ1v) is 8.66. The van der Waals surface area contributed by atoms with E-state index in [4.69, 9.17) is 13.9 Å². The monoisotopic (exact) mass is 393 g/mol. The van der Waals surface area contributed by atoms with Gasteiger partial charge in [0.15, 0.2) is 11.5 Å². The summed E-state index contributed by atoms with van der Waals surface area (Å²) in [7, 11) is 0. The molecule has 0 radical (unpaired) electrons. The average molecular weight is 393 g/mol. The predicted octanol–water partition coefficient (Wildman–Crippen LogP) is 3.14. The lowest BCUT2D eigenvalue weighted by atomic mass is 10.1. The summed E-state index contributed by atoms with van der Waals surface area (Å²) < 4.78 is 16.7. The number of para-hydroxylation sites is 2. The quantitative estimate of drug-likeness (QED) is 0.404. The molecule has 1 aliphatic rings. The van der Waals surface area contributed by atoms with Gasteiger partial charge < -0.3 is 13.9 Å². The van der Waals surface area contributed by atoms with E-state index < -0.39 is 16.9 Å². The Morgan fingerprint density at radius 1 is 1.14 bits per heavy atom. The molecule has 0 aliphatic carbocycles. The van der Waals surface area contributed by atoms with Crippen molar-refractivity contribution in [3.63, 3.8) is 0 Å². The molecular formula is C20H15N3O6. The summed E-state index contributed by atoms with van der Waals surface area (Å²) in [5.74, 6) is 1.45. The molecule has 4 rings (SSSR count). The molecule has 0 fully saturated rings. The summed E-state index contributed by atoms with van der Waals surface area (Å²) in [5.41, 5.74) is 2.92. The number of ether oxygens (including phenoxy) is 2. The maximum Gasteiger partial charge on any atom is 0.284 e. The van der Waals surface area contributed by atoms with Crippen molar-refractivity contribution < 1.29 is 23.6 Å². The largest absolute Gasteiger partial charge is 0.485 e. The lowest BCUT2D eigenvalue weighted by Gasteiger charge is -2.24. The Morgan fingerprint density at radius 2 is 1.97 bits per heavy atom. The molecular weight excluding hydrogens is 378 g/mol. The zero-order valence-corrected chi connectivity index (χ0v) is 15.0. The summed E-state index contributed by atoms with van der Waals surface area (Å²) in [4.78, 5) is 22.6. The number of amides is 1. The highest BCUT2D eigenvalue weighted by Crippen LogP contribution is 2.30. The molecule has 146 valence electrons. The molecule has 0 saturated carbocycles. The van der Waals surface area contributed by atoms with E-state index in [1.165, 1.54) is 18.3 Å². The van der Waals surface area contributed by atoms with E-state index in [1.54, 1.807) is 42.5 Å². The summed E-state index contributed by atoms with van der Waals surface area (Å²) in [6.07, 6.45) is 0.509. The maximum atomic E-state index is 12.2. The van der Waals surface area contributed by atoms with Gasteiger partial charge in [0.1, 0.15) is 18.1 Å². The number of nitrogens with one attached hydrogen (secondary N) is 1. The van der Waals surface area contributed by atoms with Crippen LogP contribution in [0.3, 0.4) is 0 Å². The number of nitro groups is 1. The number of hydrazone groups is 1. The summed E-state index contributed by atoms with van der Waals surface area (Å²) in [6, 6.07) is 16.5. The van der Waals surface area contributed by atoms with Crippen molar-refractivity contribution in [1.82, 2.24) is 5.43 Å². The first kappa shape index (κ1) is 18.2. The van der Waals surface area contributed by atoms with E-state index in [2.05, 4.69) is 10.5 Å². The van der Waals surface area contributed by atoms with Gasteiger partial charge in [0.05, 0.1) is 11.1 Å². The Labute approximate surface area is 164 Å². The molecule has 1 atom stereocenters. The van der Waals surface area contributed by atoms with E-state index in [1.807, 2.05) is 6.07 Å². The first-order chi connectivity index (χ1) is 14.1. The van der Waals surface area contributed by atoms with E-state index in [-0.39, 0.29) is 12.3 Å². The number of non-ortho nitro benzene ring substituents is 1. The van der Waals surface area contributed by atoms with Crippen LogP contribution in [0.1, 0.15) is 5.76 Å². The second-order valence-corrected chi connectivity index (χ2v) is 6.11. The van der Waals surface area contributed by atoms with Crippen molar-refractivity contribution in [3.05, 3.63) is 76.5 Å². The number of furan rings is 1. The van der Waals surface area contributed by atoms with Crippen LogP contribution in [-0.4, -0.2) is 29.8 Å². The summed E-state index contributed by atoms with van der Waals surface area (Å²) >= 11 is 0. The zero-order valence-electron chi connectivity index (χ0n) is 15.0. The van der Waals surface area contributed by atoms with Crippen molar-refractivity contribution in [2.24, 2.45) is 5.10 Å². The van der Waals surface area contributed by atoms with E-state index in [9.17, 15) is 14.9 Å². The van der Waals surface area contributed by atoms with E-state index in [0.717, 1.165) is 0 Å². The third-order valence-corrected chi connectivity index (χ3v) is 4.14. The Balaban J connectivity index is 1.37. The molecule has 0 unspecified atom stereocenters. The standard InChI is InChI=1S/C20H15N3O6/c24-20(19-12-27-17-6-1-2-7-18(17)29-19)22-21-11-15-8-9-16(28-15)13-4-3-5-14(10-13)23(25)26/h1-11,19H,12H2,(H,22,24)/b21-11-/t19-/m0/s1. The number of hydrogen-bond donors (Lipinski definition) is 1. The molecule has 0 bridgehead atoms. The Morgan fingerprint density at radius 3 is 2.79 bits per heavy atom. The molecule has 0 spiro atoms. The van der Waals surface area contributed by atoms with Crippen molar-refractivity contribution in [1.29, 1.82) is 0 Å². The number of nitro benzene ring substituents is 1. The Hall–Kier alpha value is -4.14. The van der Waals surface area contributed by atoms with Crippen LogP contribution in [0.2, 0.25) is 0 Å². The number of carbonyl (C=O) groups is 1. The molecule has 2 heterocycles. The number of benzene rings is 2. The molecule has 3 aromatic rings. The lowest BCUT2D eigenvalue weighted by molar-refractivity contribution is -0.384. The van der Waals surface area contributed by atoms with Crippen LogP contribution in [0, 0.1) is 10.1 Å². The second kappa shape index (κ2) is 7.85. The van der Waals surface area contributed by atoms with Crippen LogP contribution < -0.4 is 14.9 Å². The van der Waals surface area contributed by atoms with Gasteiger partial charge in [-0.15, -0.1) is 0 Å². The molecule has 9 nitrogen and oxygen atoms in total. The minimum absolute atomic E-state index is 0.0299. The highest BCUT2D eigenvalue weighted by Gasteiger charge is 2.27. The van der Waals surface area contributed by atoms with Crippen LogP contribution in [0.5, 0.6) is 11.5 Å². The third kappa shape index (κ3) is 4.08. The van der Waals surface area contributed by atoms with Gasteiger partial charge in [0, 0.05) is 17.7 Å². The average Bonchev–Trinajstić information content (AvgIpc) is 3.22. The van der Waals surface area contributed by atoms with Crippen molar-refractivity contribution in [2.75, 3.05) is 6.61 Å². The van der Waals surface area contributed by atoms with Gasteiger partial charge in [0.25, 0.3) is 11.6 Å². The SMILES string of the molecule is O=C(N/N=C\c1ccc(-c2cccc([N+](=O)[O-])c2)o1)[C@@H]1COc2ccccc2O1. The maximum absolute atomic E-state index is 12.2. The molecule has 1 aliphatic heterocycles. The molecule has 1 aromatic heterocycles. The fourth-order valence-electron chi connectivity index (χ4n) is 2.73. The van der Waals surface area contributed by atoms with Crippen LogP contribution in [0.25, 0.3) is 11.3 Å². The van der Waals surface area contributed by atoms with E-state index in [0.29, 0.717) is 28.6 Å². The number of fused-ring (bicyclic) bond motifs is 1. The Bertz CT molecular complexity index is 1090. The summed E-state index contributed by atoms with van der Waals surface area (Å²) in [5, 5.41) is 14.8. The van der Waals surface area contributed by atoms with Gasteiger partial charge in [-0.3, -0.25) is 14.9 Å². The number of carbonyl (C=O) groups excluding carboxylic acids is 1. The molecule has 9 heteroatoms. The molecule has 1 amide bonds. The van der Waals surface area contributed by atoms with Crippen LogP contribution in [0.15, 0.2) is 70.2 Å². The minimum Gasteiger partial charge on any atom is -0.485 e. The molecule has 2 aromatic carbocycles. The molecule has 0 saturated heterocycles. The highest BCUT2D eigenvalue weighted by atomic mass is 16.6. The molecule has 29 heavy (non-hydrogen) atoms. The van der Waals surface area contributed by atoms with Gasteiger partial charge in [-0.2, -0.15) is 5.10 Å². The highest BCUT2D eigenvalue weighted by molar-refractivity contribution is 5.84. The minimum atomic E-state index is -0.820. The lowest BCUT2D eigenvalue weighted by Crippen LogP contribution is -2.42. The van der Waals surface area contributed by atoms with Gasteiger partial charge >= 0.3 is 0 Å². The van der Waals surface area contributed by atoms with E-state index >= 15 is 0 Å². The predicted molar refractivity (Wildman–Crippen MR) is 103 cm³/mol. The van der Waals surface area contributed by atoms with Crippen LogP contribution in [0.4, 0.5) is 5.69 Å². The van der Waals surface area contributed by atoms with Crippen LogP contribution in [-0.2, 0) is 4.79 Å². The van der Waals surface area contributed by atoms with Gasteiger partial charge in [-0.1, -0.05) is 24.3 Å². The number of rotatable bonds is 5. The topological polar surface area (TPSA) is 116 Å². The normalized spacial score (nSPS) is 15.2. The number of hydrogen-bond acceptors (Lipinski definition) is 7. The smallest absolute Gasteiger partial charge is 0.284 e. The summed E-state index contributed by atoms with van der Waals surface area (Å²) in [6.45, 7) is 0.0794. The van der Waals surface area contributed by atoms with Gasteiger partial charge in [0.2, 0.25) is 6.10 Å². The third-order valence-electron chi connectivity index (χ3n) is 4.14. The van der Waals surface area contributed by atoms with Gasteiger partial charge in [-0.25, -0.2) is 5.43 Å².